The van der Waals surface area contributed by atoms with Crippen LogP contribution in [-0.4, -0.2) is 101 Å². The number of hydrogen-bond donors (Lipinski definition) is 5. The molecule has 0 saturated carbocycles. The Morgan fingerprint density at radius 3 is 2.39 bits per heavy atom. The quantitative estimate of drug-likeness (QED) is 0.168. The number of aldehydes is 1. The molecular formula is C25H32O13. The van der Waals surface area contributed by atoms with Crippen molar-refractivity contribution in [2.45, 2.75) is 56.3 Å². The minimum absolute atomic E-state index is 0.0211. The van der Waals surface area contributed by atoms with Gasteiger partial charge in [0.25, 0.3) is 0 Å². The lowest BCUT2D eigenvalue weighted by Crippen LogP contribution is -2.60. The second-order valence-electron chi connectivity index (χ2n) is 8.92. The van der Waals surface area contributed by atoms with Gasteiger partial charge in [-0.1, -0.05) is 12.1 Å². The fraction of sp³-hybridized carbons (Fsp3) is 0.560. The number of methoxy groups -OCH3 is 1. The summed E-state index contributed by atoms with van der Waals surface area (Å²) in [4.78, 5) is 36.7. The molecule has 0 aromatic heterocycles. The molecule has 0 bridgehead atoms. The molecule has 2 heterocycles. The van der Waals surface area contributed by atoms with E-state index in [9.17, 15) is 39.9 Å². The number of phenolic OH excluding ortho intramolecular Hbond substituents is 1. The van der Waals surface area contributed by atoms with E-state index in [0.717, 1.165) is 18.9 Å². The number of esters is 2. The van der Waals surface area contributed by atoms with Gasteiger partial charge in [0.05, 0.1) is 38.6 Å². The third-order valence-corrected chi connectivity index (χ3v) is 6.48. The summed E-state index contributed by atoms with van der Waals surface area (Å²) in [7, 11) is 1.14. The molecule has 1 fully saturated rings. The number of rotatable bonds is 11. The summed E-state index contributed by atoms with van der Waals surface area (Å²) < 4.78 is 26.6. The predicted molar refractivity (Wildman–Crippen MR) is 125 cm³/mol. The minimum Gasteiger partial charge on any atom is -0.508 e. The molecule has 0 spiro atoms. The van der Waals surface area contributed by atoms with Crippen LogP contribution in [0.15, 0.2) is 36.1 Å². The van der Waals surface area contributed by atoms with Crippen molar-refractivity contribution in [2.24, 2.45) is 11.8 Å². The van der Waals surface area contributed by atoms with Crippen molar-refractivity contribution in [3.05, 3.63) is 41.7 Å². The smallest absolute Gasteiger partial charge is 0.337 e. The van der Waals surface area contributed by atoms with Crippen molar-refractivity contribution in [1.82, 2.24) is 0 Å². The van der Waals surface area contributed by atoms with Gasteiger partial charge in [-0.25, -0.2) is 4.79 Å². The van der Waals surface area contributed by atoms with E-state index in [0.29, 0.717) is 12.7 Å². The molecule has 3 rings (SSSR count). The van der Waals surface area contributed by atoms with Crippen LogP contribution in [0, 0.1) is 11.8 Å². The summed E-state index contributed by atoms with van der Waals surface area (Å²) >= 11 is 0. The number of phenols is 1. The first-order valence-corrected chi connectivity index (χ1v) is 12.0. The van der Waals surface area contributed by atoms with Crippen molar-refractivity contribution >= 4 is 18.2 Å². The average Bonchev–Trinajstić information content (AvgIpc) is 2.91. The van der Waals surface area contributed by atoms with Crippen LogP contribution in [0.3, 0.4) is 0 Å². The Hall–Kier alpha value is -3.07. The summed E-state index contributed by atoms with van der Waals surface area (Å²) in [6.45, 7) is -0.660. The van der Waals surface area contributed by atoms with E-state index in [4.69, 9.17) is 23.7 Å². The van der Waals surface area contributed by atoms with Crippen LogP contribution in [-0.2, 0) is 44.5 Å². The van der Waals surface area contributed by atoms with Crippen molar-refractivity contribution in [3.8, 4) is 5.75 Å². The van der Waals surface area contributed by atoms with Gasteiger partial charge >= 0.3 is 11.9 Å². The molecule has 210 valence electrons. The van der Waals surface area contributed by atoms with Crippen molar-refractivity contribution in [3.63, 3.8) is 0 Å². The molecule has 1 aromatic rings. The predicted octanol–water partition coefficient (Wildman–Crippen LogP) is -1.08. The molecule has 8 atom stereocenters. The summed E-state index contributed by atoms with van der Waals surface area (Å²) in [5.41, 5.74) is 0.784. The maximum atomic E-state index is 12.7. The van der Waals surface area contributed by atoms with Gasteiger partial charge in [-0.05, 0) is 17.7 Å². The molecule has 2 unspecified atom stereocenters. The van der Waals surface area contributed by atoms with Crippen molar-refractivity contribution in [2.75, 3.05) is 20.3 Å². The molecule has 13 nitrogen and oxygen atoms in total. The number of carbonyl (C=O) groups excluding carboxylic acids is 3. The number of hydrogen-bond acceptors (Lipinski definition) is 13. The summed E-state index contributed by atoms with van der Waals surface area (Å²) in [5.74, 6) is -3.25. The molecule has 5 N–H and O–H groups in total. The topological polar surface area (TPSA) is 199 Å². The van der Waals surface area contributed by atoms with Gasteiger partial charge in [0.2, 0.25) is 6.29 Å². The Labute approximate surface area is 218 Å². The molecule has 38 heavy (non-hydrogen) atoms. The lowest BCUT2D eigenvalue weighted by Gasteiger charge is -2.43. The first kappa shape index (κ1) is 29.5. The van der Waals surface area contributed by atoms with E-state index in [2.05, 4.69) is 0 Å². The summed E-state index contributed by atoms with van der Waals surface area (Å²) in [5, 5.41) is 49.1. The zero-order valence-corrected chi connectivity index (χ0v) is 20.6. The lowest BCUT2D eigenvalue weighted by molar-refractivity contribution is -0.341. The molecule has 2 aliphatic rings. The van der Waals surface area contributed by atoms with Crippen LogP contribution < -0.4 is 0 Å². The summed E-state index contributed by atoms with van der Waals surface area (Å²) in [6, 6.07) is 6.38. The first-order valence-electron chi connectivity index (χ1n) is 12.0. The zero-order chi connectivity index (χ0) is 27.8. The van der Waals surface area contributed by atoms with Crippen LogP contribution in [0.1, 0.15) is 18.4 Å². The molecule has 13 heteroatoms. The zero-order valence-electron chi connectivity index (χ0n) is 20.6. The molecule has 0 radical (unpaired) electrons. The molecule has 2 aliphatic heterocycles. The molecular weight excluding hydrogens is 508 g/mol. The monoisotopic (exact) mass is 540 g/mol. The Morgan fingerprint density at radius 2 is 1.76 bits per heavy atom. The number of ether oxygens (including phenoxy) is 5. The molecule has 0 amide bonds. The molecule has 0 aliphatic carbocycles. The Kier molecular flexibility index (Phi) is 10.6. The van der Waals surface area contributed by atoms with Crippen molar-refractivity contribution < 1.29 is 63.6 Å². The van der Waals surface area contributed by atoms with Gasteiger partial charge in [0.15, 0.2) is 6.29 Å². The largest absolute Gasteiger partial charge is 0.508 e. The van der Waals surface area contributed by atoms with E-state index in [1.54, 1.807) is 12.1 Å². The second-order valence-corrected chi connectivity index (χ2v) is 8.92. The highest BCUT2D eigenvalue weighted by atomic mass is 16.8. The van der Waals surface area contributed by atoms with Gasteiger partial charge in [-0.3, -0.25) is 4.79 Å². The Bertz CT molecular complexity index is 976. The fourth-order valence-electron chi connectivity index (χ4n) is 4.34. The van der Waals surface area contributed by atoms with Gasteiger partial charge in [0.1, 0.15) is 36.5 Å². The first-order chi connectivity index (χ1) is 18.2. The highest BCUT2D eigenvalue weighted by Crippen LogP contribution is 2.38. The number of benzene rings is 1. The number of aliphatic hydroxyl groups is 4. The lowest BCUT2D eigenvalue weighted by atomic mass is 9.80. The SMILES string of the molecule is COC(=O)C1=CO[C@@H](O[C@@H]2OC(CO)[C@@H](O)C(O)[C@@H]2O)[C@H](CC=O)[C@@H]1CC(=O)OCCc1ccc(O)cc1. The van der Waals surface area contributed by atoms with E-state index < -0.39 is 67.4 Å². The van der Waals surface area contributed by atoms with E-state index >= 15 is 0 Å². The maximum absolute atomic E-state index is 12.7. The summed E-state index contributed by atoms with van der Waals surface area (Å²) in [6.07, 6.45) is -7.83. The Morgan fingerprint density at radius 1 is 1.05 bits per heavy atom. The van der Waals surface area contributed by atoms with E-state index in [1.807, 2.05) is 0 Å². The second kappa shape index (κ2) is 13.6. The third-order valence-electron chi connectivity index (χ3n) is 6.48. The van der Waals surface area contributed by atoms with Crippen LogP contribution in [0.5, 0.6) is 5.75 Å². The van der Waals surface area contributed by atoms with Crippen LogP contribution >= 0.6 is 0 Å². The average molecular weight is 541 g/mol. The fourth-order valence-corrected chi connectivity index (χ4v) is 4.34. The van der Waals surface area contributed by atoms with Gasteiger partial charge in [-0.15, -0.1) is 0 Å². The highest BCUT2D eigenvalue weighted by Gasteiger charge is 2.48. The van der Waals surface area contributed by atoms with Crippen LogP contribution in [0.4, 0.5) is 0 Å². The van der Waals surface area contributed by atoms with Crippen molar-refractivity contribution in [1.29, 1.82) is 0 Å². The molecule has 1 aromatic carbocycles. The maximum Gasteiger partial charge on any atom is 0.337 e. The normalized spacial score (nSPS) is 31.0. The molecule has 1 saturated heterocycles. The third kappa shape index (κ3) is 7.07. The van der Waals surface area contributed by atoms with E-state index in [-0.39, 0.29) is 30.8 Å². The van der Waals surface area contributed by atoms with Crippen LogP contribution in [0.25, 0.3) is 0 Å². The number of aromatic hydroxyl groups is 1. The number of aliphatic hydroxyl groups excluding tert-OH is 4. The van der Waals surface area contributed by atoms with Gasteiger partial charge < -0.3 is 54.0 Å². The van der Waals surface area contributed by atoms with Crippen LogP contribution in [0.2, 0.25) is 0 Å². The number of carbonyl (C=O) groups is 3. The highest BCUT2D eigenvalue weighted by molar-refractivity contribution is 5.90. The van der Waals surface area contributed by atoms with E-state index in [1.165, 1.54) is 12.1 Å². The van der Waals surface area contributed by atoms with Gasteiger partial charge in [-0.2, -0.15) is 0 Å². The standard InChI is InChI=1S/C25H32O13/c1-34-23(33)17-12-36-24(38-25-22(32)21(31)20(30)18(11-27)37-25)15(6-8-26)16(17)10-19(29)35-9-7-13-2-4-14(28)5-3-13/h2-5,8,12,15-16,18,20-22,24-25,27-28,30-32H,6-7,9-11H2,1H3/t15-,16+,18?,20-,21?,22+,24+,25+/m1/s1. The Balaban J connectivity index is 1.73. The van der Waals surface area contributed by atoms with Gasteiger partial charge in [0, 0.05) is 24.7 Å². The minimum atomic E-state index is -1.73.